The van der Waals surface area contributed by atoms with Gasteiger partial charge in [0, 0.05) is 23.3 Å². The fourth-order valence-corrected chi connectivity index (χ4v) is 2.18. The van der Waals surface area contributed by atoms with Crippen molar-refractivity contribution in [3.63, 3.8) is 0 Å². The molecule has 4 nitrogen and oxygen atoms in total. The van der Waals surface area contributed by atoms with Crippen molar-refractivity contribution >= 4 is 23.4 Å². The van der Waals surface area contributed by atoms with Gasteiger partial charge in [-0.3, -0.25) is 0 Å². The van der Waals surface area contributed by atoms with E-state index in [2.05, 4.69) is 17.6 Å². The van der Waals surface area contributed by atoms with E-state index < -0.39 is 5.60 Å². The Hall–Kier alpha value is -1.42. The summed E-state index contributed by atoms with van der Waals surface area (Å²) in [4.78, 5) is 11.9. The molecule has 22 heavy (non-hydrogen) atoms. The fourth-order valence-electron chi connectivity index (χ4n) is 1.99. The first-order valence-corrected chi connectivity index (χ1v) is 8.17. The lowest BCUT2D eigenvalue weighted by atomic mass is 10.1. The summed E-state index contributed by atoms with van der Waals surface area (Å²) in [6.45, 7) is 8.35. The minimum absolute atomic E-state index is 0.0220. The highest BCUT2D eigenvalue weighted by Gasteiger charge is 2.19. The van der Waals surface area contributed by atoms with Crippen LogP contribution in [0, 0.1) is 0 Å². The number of hydrogen-bond acceptors (Lipinski definition) is 3. The molecule has 0 heterocycles. The summed E-state index contributed by atoms with van der Waals surface area (Å²) in [6.07, 6.45) is 2.67. The SMILES string of the molecule is CCCC[C@@H](CNc1cccc(Cl)c1)NC(=O)OC(C)(C)C. The number of unbranched alkanes of at least 4 members (excludes halogenated alkanes) is 1. The third kappa shape index (κ3) is 8.13. The van der Waals surface area contributed by atoms with E-state index in [0.29, 0.717) is 11.6 Å². The predicted octanol–water partition coefficient (Wildman–Crippen LogP) is 4.84. The summed E-state index contributed by atoms with van der Waals surface area (Å²) in [7, 11) is 0. The monoisotopic (exact) mass is 326 g/mol. The van der Waals surface area contributed by atoms with Gasteiger partial charge in [-0.05, 0) is 45.4 Å². The molecule has 0 aliphatic carbocycles. The van der Waals surface area contributed by atoms with Gasteiger partial charge in [0.2, 0.25) is 0 Å². The molecule has 2 N–H and O–H groups in total. The molecule has 0 saturated carbocycles. The number of carbonyl (C=O) groups is 1. The molecule has 0 unspecified atom stereocenters. The Morgan fingerprint density at radius 2 is 2.09 bits per heavy atom. The van der Waals surface area contributed by atoms with Gasteiger partial charge < -0.3 is 15.4 Å². The topological polar surface area (TPSA) is 50.4 Å². The summed E-state index contributed by atoms with van der Waals surface area (Å²) >= 11 is 5.97. The lowest BCUT2D eigenvalue weighted by molar-refractivity contribution is 0.0504. The van der Waals surface area contributed by atoms with E-state index in [9.17, 15) is 4.79 Å². The van der Waals surface area contributed by atoms with Crippen LogP contribution < -0.4 is 10.6 Å². The Morgan fingerprint density at radius 3 is 2.68 bits per heavy atom. The van der Waals surface area contributed by atoms with Crippen LogP contribution in [-0.2, 0) is 4.74 Å². The van der Waals surface area contributed by atoms with E-state index in [0.717, 1.165) is 24.9 Å². The summed E-state index contributed by atoms with van der Waals surface area (Å²) < 4.78 is 5.32. The Morgan fingerprint density at radius 1 is 1.36 bits per heavy atom. The Bertz CT molecular complexity index is 472. The molecule has 5 heteroatoms. The van der Waals surface area contributed by atoms with Gasteiger partial charge in [0.25, 0.3) is 0 Å². The van der Waals surface area contributed by atoms with E-state index in [4.69, 9.17) is 16.3 Å². The number of benzene rings is 1. The maximum Gasteiger partial charge on any atom is 0.407 e. The van der Waals surface area contributed by atoms with Gasteiger partial charge >= 0.3 is 6.09 Å². The van der Waals surface area contributed by atoms with Crippen molar-refractivity contribution in [1.29, 1.82) is 0 Å². The number of hydrogen-bond donors (Lipinski definition) is 2. The summed E-state index contributed by atoms with van der Waals surface area (Å²) in [5.41, 5.74) is 0.458. The van der Waals surface area contributed by atoms with Crippen LogP contribution in [0.4, 0.5) is 10.5 Å². The molecule has 1 amide bonds. The third-order valence-electron chi connectivity index (χ3n) is 3.00. The van der Waals surface area contributed by atoms with Crippen molar-refractivity contribution in [1.82, 2.24) is 5.32 Å². The molecule has 0 aliphatic rings. The van der Waals surface area contributed by atoms with Crippen molar-refractivity contribution in [2.75, 3.05) is 11.9 Å². The molecule has 0 fully saturated rings. The fraction of sp³-hybridized carbons (Fsp3) is 0.588. The first kappa shape index (κ1) is 18.6. The number of ether oxygens (including phenoxy) is 1. The van der Waals surface area contributed by atoms with Crippen LogP contribution in [0.5, 0.6) is 0 Å². The molecule has 0 aliphatic heterocycles. The van der Waals surface area contributed by atoms with Crippen LogP contribution in [-0.4, -0.2) is 24.3 Å². The second-order valence-electron chi connectivity index (χ2n) is 6.38. The molecule has 0 bridgehead atoms. The van der Waals surface area contributed by atoms with Crippen molar-refractivity contribution in [3.05, 3.63) is 29.3 Å². The summed E-state index contributed by atoms with van der Waals surface area (Å²) in [6, 6.07) is 7.57. The molecule has 124 valence electrons. The number of rotatable bonds is 7. The first-order chi connectivity index (χ1) is 10.3. The Labute approximate surface area is 138 Å². The van der Waals surface area contributed by atoms with Gasteiger partial charge in [-0.25, -0.2) is 4.79 Å². The van der Waals surface area contributed by atoms with Crippen LogP contribution in [0.15, 0.2) is 24.3 Å². The summed E-state index contributed by atoms with van der Waals surface area (Å²) in [5.74, 6) is 0. The molecule has 0 spiro atoms. The van der Waals surface area contributed by atoms with Gasteiger partial charge in [-0.15, -0.1) is 0 Å². The van der Waals surface area contributed by atoms with Crippen molar-refractivity contribution in [3.8, 4) is 0 Å². The van der Waals surface area contributed by atoms with Gasteiger partial charge in [-0.2, -0.15) is 0 Å². The smallest absolute Gasteiger partial charge is 0.407 e. The quantitative estimate of drug-likeness (QED) is 0.754. The maximum absolute atomic E-state index is 11.9. The second-order valence-corrected chi connectivity index (χ2v) is 6.81. The zero-order valence-electron chi connectivity index (χ0n) is 13.9. The zero-order valence-corrected chi connectivity index (χ0v) is 14.7. The maximum atomic E-state index is 11.9. The molecule has 0 aromatic heterocycles. The highest BCUT2D eigenvalue weighted by molar-refractivity contribution is 6.30. The van der Waals surface area contributed by atoms with E-state index in [1.165, 1.54) is 0 Å². The number of nitrogens with one attached hydrogen (secondary N) is 2. The van der Waals surface area contributed by atoms with Crippen molar-refractivity contribution < 1.29 is 9.53 Å². The van der Waals surface area contributed by atoms with Gasteiger partial charge in [0.05, 0.1) is 0 Å². The Balaban J connectivity index is 2.54. The van der Waals surface area contributed by atoms with Crippen LogP contribution in [0.2, 0.25) is 5.02 Å². The number of halogens is 1. The molecule has 0 saturated heterocycles. The second kappa shape index (κ2) is 8.89. The highest BCUT2D eigenvalue weighted by Crippen LogP contribution is 2.15. The molecule has 1 aromatic carbocycles. The van der Waals surface area contributed by atoms with E-state index in [1.807, 2.05) is 45.0 Å². The van der Waals surface area contributed by atoms with Crippen LogP contribution in [0.25, 0.3) is 0 Å². The lowest BCUT2D eigenvalue weighted by Crippen LogP contribution is -2.42. The van der Waals surface area contributed by atoms with Crippen molar-refractivity contribution in [2.24, 2.45) is 0 Å². The largest absolute Gasteiger partial charge is 0.444 e. The van der Waals surface area contributed by atoms with Crippen LogP contribution in [0.1, 0.15) is 47.0 Å². The molecule has 0 radical (unpaired) electrons. The third-order valence-corrected chi connectivity index (χ3v) is 3.24. The minimum Gasteiger partial charge on any atom is -0.444 e. The average molecular weight is 327 g/mol. The van der Waals surface area contributed by atoms with E-state index in [1.54, 1.807) is 0 Å². The molecule has 1 rings (SSSR count). The number of amides is 1. The number of alkyl carbamates (subject to hydrolysis) is 1. The number of carbonyl (C=O) groups excluding carboxylic acids is 1. The van der Waals surface area contributed by atoms with Gasteiger partial charge in [0.1, 0.15) is 5.60 Å². The lowest BCUT2D eigenvalue weighted by Gasteiger charge is -2.24. The standard InChI is InChI=1S/C17H27ClN2O2/c1-5-6-9-15(20-16(21)22-17(2,3)4)12-19-14-10-7-8-13(18)11-14/h7-8,10-11,15,19H,5-6,9,12H2,1-4H3,(H,20,21)/t15-/m0/s1. The number of anilines is 1. The molecular weight excluding hydrogens is 300 g/mol. The van der Waals surface area contributed by atoms with E-state index >= 15 is 0 Å². The first-order valence-electron chi connectivity index (χ1n) is 7.79. The van der Waals surface area contributed by atoms with E-state index in [-0.39, 0.29) is 12.1 Å². The molecular formula is C17H27ClN2O2. The van der Waals surface area contributed by atoms with Crippen molar-refractivity contribution in [2.45, 2.75) is 58.6 Å². The summed E-state index contributed by atoms with van der Waals surface area (Å²) in [5, 5.41) is 6.93. The van der Waals surface area contributed by atoms with Crippen LogP contribution in [0.3, 0.4) is 0 Å². The van der Waals surface area contributed by atoms with Gasteiger partial charge in [-0.1, -0.05) is 37.4 Å². The molecule has 1 atom stereocenters. The van der Waals surface area contributed by atoms with Gasteiger partial charge in [0.15, 0.2) is 0 Å². The zero-order chi connectivity index (χ0) is 16.6. The van der Waals surface area contributed by atoms with Crippen LogP contribution >= 0.6 is 11.6 Å². The Kier molecular flexibility index (Phi) is 7.52. The average Bonchev–Trinajstić information content (AvgIpc) is 2.40. The highest BCUT2D eigenvalue weighted by atomic mass is 35.5. The predicted molar refractivity (Wildman–Crippen MR) is 92.6 cm³/mol. The normalized spacial score (nSPS) is 12.6. The minimum atomic E-state index is -0.486. The molecule has 1 aromatic rings.